The summed E-state index contributed by atoms with van der Waals surface area (Å²) in [6, 6.07) is 3.70. The molecule has 1 aromatic carbocycles. The number of ether oxygens (including phenoxy) is 2. The van der Waals surface area contributed by atoms with Crippen molar-refractivity contribution < 1.29 is 19.4 Å². The van der Waals surface area contributed by atoms with Crippen molar-refractivity contribution in [3.63, 3.8) is 0 Å². The van der Waals surface area contributed by atoms with Gasteiger partial charge in [-0.15, -0.1) is 0 Å². The second kappa shape index (κ2) is 5.82. The first-order valence-electron chi connectivity index (χ1n) is 8.41. The zero-order chi connectivity index (χ0) is 16.7. The number of aliphatic hydroxyl groups is 1. The van der Waals surface area contributed by atoms with Crippen LogP contribution in [0.1, 0.15) is 56.3 Å². The lowest BCUT2D eigenvalue weighted by molar-refractivity contribution is -0.143. The summed E-state index contributed by atoms with van der Waals surface area (Å²) in [5.41, 5.74) is 0.734. The van der Waals surface area contributed by atoms with Crippen LogP contribution in [0, 0.1) is 10.8 Å². The molecule has 1 fully saturated rings. The number of benzene rings is 1. The molecule has 3 rings (SSSR count). The SMILES string of the molecule is COc1ccc(OC)c2c1CC1(CCCCC1)[C@@](C)(C=O)[C@H]2O. The minimum atomic E-state index is -0.869. The summed E-state index contributed by atoms with van der Waals surface area (Å²) >= 11 is 0. The maximum Gasteiger partial charge on any atom is 0.129 e. The number of aliphatic hydroxyl groups excluding tert-OH is 1. The molecule has 2 atom stereocenters. The van der Waals surface area contributed by atoms with Gasteiger partial charge in [-0.3, -0.25) is 0 Å². The standard InChI is InChI=1S/C19H26O4/c1-18(12-20)17(21)16-13(11-19(18)9-5-4-6-10-19)14(22-2)7-8-15(16)23-3/h7-8,12,17,21H,4-6,9-11H2,1-3H3/t17-,18-/m0/s1. The van der Waals surface area contributed by atoms with Crippen LogP contribution in [-0.2, 0) is 11.2 Å². The predicted octanol–water partition coefficient (Wildman–Crippen LogP) is 3.45. The minimum absolute atomic E-state index is 0.195. The van der Waals surface area contributed by atoms with Gasteiger partial charge in [0.05, 0.1) is 25.7 Å². The highest BCUT2D eigenvalue weighted by Gasteiger charge is 2.57. The molecule has 2 aliphatic carbocycles. The lowest BCUT2D eigenvalue weighted by Crippen LogP contribution is -2.51. The van der Waals surface area contributed by atoms with Crippen molar-refractivity contribution in [2.24, 2.45) is 10.8 Å². The van der Waals surface area contributed by atoms with E-state index in [0.717, 1.165) is 55.3 Å². The maximum atomic E-state index is 12.1. The van der Waals surface area contributed by atoms with Crippen molar-refractivity contribution in [1.82, 2.24) is 0 Å². The summed E-state index contributed by atoms with van der Waals surface area (Å²) in [6.07, 6.45) is 6.23. The fourth-order valence-electron chi connectivity index (χ4n) is 4.73. The molecule has 0 heterocycles. The number of hydrogen-bond acceptors (Lipinski definition) is 4. The van der Waals surface area contributed by atoms with E-state index < -0.39 is 11.5 Å². The van der Waals surface area contributed by atoms with Crippen LogP contribution < -0.4 is 9.47 Å². The van der Waals surface area contributed by atoms with Gasteiger partial charge in [0, 0.05) is 11.1 Å². The van der Waals surface area contributed by atoms with Gasteiger partial charge in [0.25, 0.3) is 0 Å². The number of fused-ring (bicyclic) bond motifs is 1. The number of methoxy groups -OCH3 is 2. The first-order chi connectivity index (χ1) is 11.0. The van der Waals surface area contributed by atoms with Crippen LogP contribution in [0.2, 0.25) is 0 Å². The Morgan fingerprint density at radius 2 is 1.74 bits per heavy atom. The molecule has 0 aromatic heterocycles. The Morgan fingerprint density at radius 3 is 2.30 bits per heavy atom. The van der Waals surface area contributed by atoms with E-state index in [0.29, 0.717) is 5.75 Å². The maximum absolute atomic E-state index is 12.1. The number of hydrogen-bond donors (Lipinski definition) is 1. The molecule has 2 aliphatic rings. The third-order valence-corrected chi connectivity index (χ3v) is 6.27. The van der Waals surface area contributed by atoms with Gasteiger partial charge in [-0.25, -0.2) is 0 Å². The fraction of sp³-hybridized carbons (Fsp3) is 0.632. The third-order valence-electron chi connectivity index (χ3n) is 6.27. The van der Waals surface area contributed by atoms with Crippen LogP contribution in [0.15, 0.2) is 12.1 Å². The summed E-state index contributed by atoms with van der Waals surface area (Å²) in [4.78, 5) is 12.1. The molecule has 4 heteroatoms. The Hall–Kier alpha value is -1.55. The first kappa shape index (κ1) is 16.3. The van der Waals surface area contributed by atoms with Crippen molar-refractivity contribution >= 4 is 6.29 Å². The minimum Gasteiger partial charge on any atom is -0.496 e. The molecule has 0 saturated heterocycles. The molecule has 1 saturated carbocycles. The second-order valence-electron chi connectivity index (χ2n) is 7.18. The predicted molar refractivity (Wildman–Crippen MR) is 87.9 cm³/mol. The van der Waals surface area contributed by atoms with E-state index in [9.17, 15) is 9.90 Å². The normalized spacial score (nSPS) is 29.0. The molecule has 126 valence electrons. The van der Waals surface area contributed by atoms with E-state index in [1.807, 2.05) is 19.1 Å². The largest absolute Gasteiger partial charge is 0.496 e. The van der Waals surface area contributed by atoms with Crippen LogP contribution in [-0.4, -0.2) is 25.6 Å². The van der Waals surface area contributed by atoms with Gasteiger partial charge in [-0.1, -0.05) is 19.3 Å². The van der Waals surface area contributed by atoms with Crippen molar-refractivity contribution in [2.45, 2.75) is 51.6 Å². The number of carbonyl (C=O) groups is 1. The molecular formula is C19H26O4. The highest BCUT2D eigenvalue weighted by Crippen LogP contribution is 2.62. The zero-order valence-corrected chi connectivity index (χ0v) is 14.2. The fourth-order valence-corrected chi connectivity index (χ4v) is 4.73. The van der Waals surface area contributed by atoms with Crippen LogP contribution >= 0.6 is 0 Å². The van der Waals surface area contributed by atoms with Crippen LogP contribution in [0.5, 0.6) is 11.5 Å². The van der Waals surface area contributed by atoms with Crippen molar-refractivity contribution in [2.75, 3.05) is 14.2 Å². The van der Waals surface area contributed by atoms with Crippen molar-refractivity contribution in [3.05, 3.63) is 23.3 Å². The third kappa shape index (κ3) is 2.18. The Bertz CT molecular complexity index is 604. The Labute approximate surface area is 137 Å². The van der Waals surface area contributed by atoms with Gasteiger partial charge in [-0.05, 0) is 43.7 Å². The highest BCUT2D eigenvalue weighted by atomic mass is 16.5. The molecule has 0 unspecified atom stereocenters. The summed E-state index contributed by atoms with van der Waals surface area (Å²) in [7, 11) is 3.24. The molecule has 0 bridgehead atoms. The second-order valence-corrected chi connectivity index (χ2v) is 7.18. The molecule has 4 nitrogen and oxygen atoms in total. The topological polar surface area (TPSA) is 55.8 Å². The molecule has 1 N–H and O–H groups in total. The van der Waals surface area contributed by atoms with E-state index in [-0.39, 0.29) is 5.41 Å². The molecule has 0 radical (unpaired) electrons. The van der Waals surface area contributed by atoms with E-state index in [4.69, 9.17) is 9.47 Å². The van der Waals surface area contributed by atoms with Crippen LogP contribution in [0.4, 0.5) is 0 Å². The van der Waals surface area contributed by atoms with Gasteiger partial charge in [0.15, 0.2) is 0 Å². The van der Waals surface area contributed by atoms with Gasteiger partial charge in [0.2, 0.25) is 0 Å². The van der Waals surface area contributed by atoms with E-state index in [1.165, 1.54) is 6.42 Å². The number of aldehydes is 1. The molecular weight excluding hydrogens is 292 g/mol. The number of rotatable bonds is 3. The molecule has 0 aliphatic heterocycles. The monoisotopic (exact) mass is 318 g/mol. The average Bonchev–Trinajstić information content (AvgIpc) is 2.59. The Morgan fingerprint density at radius 1 is 1.13 bits per heavy atom. The first-order valence-corrected chi connectivity index (χ1v) is 8.41. The summed E-state index contributed by atoms with van der Waals surface area (Å²) in [5.74, 6) is 1.41. The smallest absolute Gasteiger partial charge is 0.129 e. The Balaban J connectivity index is 2.22. The van der Waals surface area contributed by atoms with Crippen LogP contribution in [0.3, 0.4) is 0 Å². The molecule has 1 spiro atoms. The lowest BCUT2D eigenvalue weighted by atomic mass is 9.50. The Kier molecular flexibility index (Phi) is 4.13. The summed E-state index contributed by atoms with van der Waals surface area (Å²) in [6.45, 7) is 1.91. The van der Waals surface area contributed by atoms with E-state index in [1.54, 1.807) is 14.2 Å². The lowest BCUT2D eigenvalue weighted by Gasteiger charge is -2.54. The van der Waals surface area contributed by atoms with Crippen LogP contribution in [0.25, 0.3) is 0 Å². The summed E-state index contributed by atoms with van der Waals surface area (Å²) < 4.78 is 11.0. The zero-order valence-electron chi connectivity index (χ0n) is 14.2. The van der Waals surface area contributed by atoms with Gasteiger partial charge in [-0.2, -0.15) is 0 Å². The van der Waals surface area contributed by atoms with E-state index in [2.05, 4.69) is 0 Å². The van der Waals surface area contributed by atoms with Crippen molar-refractivity contribution in [3.8, 4) is 11.5 Å². The summed E-state index contributed by atoms with van der Waals surface area (Å²) in [5, 5.41) is 11.2. The molecule has 0 amide bonds. The van der Waals surface area contributed by atoms with Gasteiger partial charge >= 0.3 is 0 Å². The number of carbonyl (C=O) groups excluding carboxylic acids is 1. The highest BCUT2D eigenvalue weighted by molar-refractivity contribution is 5.67. The average molecular weight is 318 g/mol. The van der Waals surface area contributed by atoms with Gasteiger partial charge < -0.3 is 19.4 Å². The molecule has 1 aromatic rings. The molecule has 23 heavy (non-hydrogen) atoms. The van der Waals surface area contributed by atoms with Crippen molar-refractivity contribution in [1.29, 1.82) is 0 Å². The van der Waals surface area contributed by atoms with E-state index >= 15 is 0 Å². The van der Waals surface area contributed by atoms with Gasteiger partial charge in [0.1, 0.15) is 17.8 Å². The quantitative estimate of drug-likeness (QED) is 0.867.